The van der Waals surface area contributed by atoms with E-state index in [9.17, 15) is 27.6 Å². The monoisotopic (exact) mass is 364 g/mol. The maximum atomic E-state index is 12.2. The van der Waals surface area contributed by atoms with Crippen LogP contribution in [0.1, 0.15) is 11.5 Å². The smallest absolute Gasteiger partial charge is 0.406 e. The molecule has 0 saturated carbocycles. The van der Waals surface area contributed by atoms with Crippen LogP contribution in [0.3, 0.4) is 0 Å². The minimum atomic E-state index is -4.76. The van der Waals surface area contributed by atoms with Crippen LogP contribution in [0.5, 0.6) is 5.75 Å². The second-order valence-electron chi connectivity index (χ2n) is 5.43. The van der Waals surface area contributed by atoms with Gasteiger partial charge in [0.25, 0.3) is 0 Å². The Labute approximate surface area is 145 Å². The van der Waals surface area contributed by atoms with Gasteiger partial charge in [0.2, 0.25) is 11.8 Å². The van der Waals surface area contributed by atoms with Crippen molar-refractivity contribution in [3.8, 4) is 16.9 Å². The van der Waals surface area contributed by atoms with Crippen LogP contribution < -0.4 is 15.4 Å². The lowest BCUT2D eigenvalue weighted by Crippen LogP contribution is -2.54. The summed E-state index contributed by atoms with van der Waals surface area (Å²) >= 11 is 0. The fraction of sp³-hybridized carbons (Fsp3) is 0.118. The summed E-state index contributed by atoms with van der Waals surface area (Å²) < 4.78 is 40.3. The lowest BCUT2D eigenvalue weighted by atomic mass is 9.94. The first-order chi connectivity index (χ1) is 12.2. The molecule has 0 atom stereocenters. The number of benzene rings is 2. The highest BCUT2D eigenvalue weighted by Crippen LogP contribution is 2.28. The molecule has 26 heavy (non-hydrogen) atoms. The van der Waals surface area contributed by atoms with Crippen molar-refractivity contribution in [3.63, 3.8) is 0 Å². The van der Waals surface area contributed by atoms with Gasteiger partial charge in [-0.1, -0.05) is 36.4 Å². The summed E-state index contributed by atoms with van der Waals surface area (Å²) in [4.78, 5) is 34.7. The Balaban J connectivity index is 1.78. The van der Waals surface area contributed by atoms with Gasteiger partial charge in [0.05, 0.1) is 0 Å². The largest absolute Gasteiger partial charge is 0.573 e. The van der Waals surface area contributed by atoms with E-state index in [4.69, 9.17) is 0 Å². The Bertz CT molecular complexity index is 841. The van der Waals surface area contributed by atoms with E-state index < -0.39 is 30.1 Å². The van der Waals surface area contributed by atoms with E-state index in [1.807, 2.05) is 10.6 Å². The molecule has 2 N–H and O–H groups in total. The quantitative estimate of drug-likeness (QED) is 0.821. The van der Waals surface area contributed by atoms with Crippen LogP contribution in [-0.2, 0) is 9.59 Å². The van der Waals surface area contributed by atoms with Crippen LogP contribution in [0, 0.1) is 0 Å². The van der Waals surface area contributed by atoms with E-state index in [0.29, 0.717) is 16.7 Å². The molecule has 2 aromatic rings. The molecule has 6 nitrogen and oxygen atoms in total. The molecule has 2 aromatic carbocycles. The summed E-state index contributed by atoms with van der Waals surface area (Å²) in [5.41, 5.74) is 1.67. The average Bonchev–Trinajstić information content (AvgIpc) is 2.54. The van der Waals surface area contributed by atoms with Gasteiger partial charge in [0.1, 0.15) is 11.7 Å². The molecule has 0 aliphatic carbocycles. The molecule has 9 heteroatoms. The topological polar surface area (TPSA) is 84.5 Å². The van der Waals surface area contributed by atoms with Gasteiger partial charge < -0.3 is 4.74 Å². The van der Waals surface area contributed by atoms with Crippen molar-refractivity contribution in [2.75, 3.05) is 0 Å². The number of nitrogens with one attached hydrogen (secondary N) is 2. The third-order valence-electron chi connectivity index (χ3n) is 3.66. The van der Waals surface area contributed by atoms with E-state index in [2.05, 4.69) is 4.74 Å². The maximum absolute atomic E-state index is 12.2. The minimum Gasteiger partial charge on any atom is -0.406 e. The van der Waals surface area contributed by atoms with Gasteiger partial charge in [-0.3, -0.25) is 20.2 Å². The van der Waals surface area contributed by atoms with E-state index in [1.165, 1.54) is 36.4 Å². The first kappa shape index (κ1) is 17.5. The molecule has 134 valence electrons. The number of hydrogen-bond donors (Lipinski definition) is 2. The van der Waals surface area contributed by atoms with E-state index in [1.54, 1.807) is 12.1 Å². The van der Waals surface area contributed by atoms with Crippen LogP contribution in [0.15, 0.2) is 48.5 Å². The normalized spacial score (nSPS) is 15.4. The predicted octanol–water partition coefficient (Wildman–Crippen LogP) is 2.70. The van der Waals surface area contributed by atoms with Gasteiger partial charge in [0, 0.05) is 0 Å². The van der Waals surface area contributed by atoms with Crippen molar-refractivity contribution >= 4 is 17.8 Å². The number of carbonyl (C=O) groups is 3. The Hall–Kier alpha value is -3.36. The molecule has 1 heterocycles. The lowest BCUT2D eigenvalue weighted by molar-refractivity contribution is -0.274. The van der Waals surface area contributed by atoms with Gasteiger partial charge in [-0.25, -0.2) is 4.79 Å². The fourth-order valence-corrected chi connectivity index (χ4v) is 2.54. The van der Waals surface area contributed by atoms with Crippen LogP contribution >= 0.6 is 0 Å². The summed E-state index contributed by atoms with van der Waals surface area (Å²) in [6, 6.07) is 10.7. The zero-order chi connectivity index (χ0) is 18.9. The molecular weight excluding hydrogens is 353 g/mol. The molecular formula is C17H11F3N2O4. The summed E-state index contributed by atoms with van der Waals surface area (Å²) in [7, 11) is 0. The Kier molecular flexibility index (Phi) is 4.37. The van der Waals surface area contributed by atoms with Crippen molar-refractivity contribution in [1.82, 2.24) is 10.6 Å². The molecule has 0 unspecified atom stereocenters. The predicted molar refractivity (Wildman–Crippen MR) is 83.0 cm³/mol. The number of rotatable bonds is 3. The maximum Gasteiger partial charge on any atom is 0.573 e. The van der Waals surface area contributed by atoms with Gasteiger partial charge in [0.15, 0.2) is 0 Å². The highest BCUT2D eigenvalue weighted by molar-refractivity contribution is 6.19. The Morgan fingerprint density at radius 1 is 0.769 bits per heavy atom. The van der Waals surface area contributed by atoms with Crippen molar-refractivity contribution in [2.24, 2.45) is 0 Å². The zero-order valence-corrected chi connectivity index (χ0v) is 13.0. The van der Waals surface area contributed by atoms with Crippen LogP contribution in [-0.4, -0.2) is 24.2 Å². The standard InChI is InChI=1S/C17H11F3N2O4/c18-17(19,20)26-12-7-5-10(6-8-12)9-1-3-11(4-2-9)13-14(23)21-16(25)22-15(13)24/h1-8,13H,(H2,21,22,23,24,25). The molecule has 0 radical (unpaired) electrons. The van der Waals surface area contributed by atoms with Crippen molar-refractivity contribution < 1.29 is 32.3 Å². The number of urea groups is 1. The minimum absolute atomic E-state index is 0.335. The lowest BCUT2D eigenvalue weighted by Gasteiger charge is -2.21. The molecule has 1 aliphatic rings. The van der Waals surface area contributed by atoms with E-state index in [-0.39, 0.29) is 5.75 Å². The van der Waals surface area contributed by atoms with Crippen molar-refractivity contribution in [2.45, 2.75) is 12.3 Å². The molecule has 3 rings (SSSR count). The fourth-order valence-electron chi connectivity index (χ4n) is 2.54. The first-order valence-corrected chi connectivity index (χ1v) is 7.35. The SMILES string of the molecule is O=C1NC(=O)C(c2ccc(-c3ccc(OC(F)(F)F)cc3)cc2)C(=O)N1. The third-order valence-corrected chi connectivity index (χ3v) is 3.66. The summed E-state index contributed by atoms with van der Waals surface area (Å²) in [5.74, 6) is -2.93. The van der Waals surface area contributed by atoms with E-state index >= 15 is 0 Å². The highest BCUT2D eigenvalue weighted by atomic mass is 19.4. The number of hydrogen-bond acceptors (Lipinski definition) is 4. The second-order valence-corrected chi connectivity index (χ2v) is 5.43. The molecule has 0 bridgehead atoms. The average molecular weight is 364 g/mol. The summed E-state index contributed by atoms with van der Waals surface area (Å²) in [6.45, 7) is 0. The molecule has 4 amide bonds. The van der Waals surface area contributed by atoms with Gasteiger partial charge in [-0.2, -0.15) is 0 Å². The number of alkyl halides is 3. The van der Waals surface area contributed by atoms with Crippen LogP contribution in [0.2, 0.25) is 0 Å². The molecule has 0 spiro atoms. The number of ether oxygens (including phenoxy) is 1. The number of amides is 4. The number of barbiturate groups is 1. The Morgan fingerprint density at radius 2 is 1.23 bits per heavy atom. The van der Waals surface area contributed by atoms with Crippen LogP contribution in [0.4, 0.5) is 18.0 Å². The molecule has 1 aliphatic heterocycles. The van der Waals surface area contributed by atoms with Crippen molar-refractivity contribution in [1.29, 1.82) is 0 Å². The number of imide groups is 2. The van der Waals surface area contributed by atoms with Gasteiger partial charge in [-0.15, -0.1) is 13.2 Å². The zero-order valence-electron chi connectivity index (χ0n) is 13.0. The molecule has 1 saturated heterocycles. The van der Waals surface area contributed by atoms with Crippen molar-refractivity contribution in [3.05, 3.63) is 54.1 Å². The Morgan fingerprint density at radius 3 is 1.69 bits per heavy atom. The highest BCUT2D eigenvalue weighted by Gasteiger charge is 2.35. The van der Waals surface area contributed by atoms with Gasteiger partial charge in [-0.05, 0) is 28.8 Å². The third kappa shape index (κ3) is 3.82. The van der Waals surface area contributed by atoms with Gasteiger partial charge >= 0.3 is 12.4 Å². The first-order valence-electron chi connectivity index (χ1n) is 7.35. The molecule has 0 aromatic heterocycles. The summed E-state index contributed by atoms with van der Waals surface area (Å²) in [5, 5.41) is 4.03. The second kappa shape index (κ2) is 6.51. The van der Waals surface area contributed by atoms with Crippen LogP contribution in [0.25, 0.3) is 11.1 Å². The number of halogens is 3. The summed E-state index contributed by atoms with van der Waals surface area (Å²) in [6.07, 6.45) is -4.76. The molecule has 1 fully saturated rings. The van der Waals surface area contributed by atoms with E-state index in [0.717, 1.165) is 0 Å². The number of carbonyl (C=O) groups excluding carboxylic acids is 3.